The van der Waals surface area contributed by atoms with Gasteiger partial charge in [-0.25, -0.2) is 0 Å². The predicted molar refractivity (Wildman–Crippen MR) is 73.3 cm³/mol. The van der Waals surface area contributed by atoms with Gasteiger partial charge in [0.25, 0.3) is 0 Å². The Morgan fingerprint density at radius 2 is 1.94 bits per heavy atom. The second kappa shape index (κ2) is 5.81. The molecule has 0 saturated heterocycles. The molecule has 18 heavy (non-hydrogen) atoms. The molecule has 2 aromatic carbocycles. The van der Waals surface area contributed by atoms with E-state index in [0.29, 0.717) is 10.6 Å². The monoisotopic (exact) mass is 275 g/mol. The molecule has 2 nitrogen and oxygen atoms in total. The zero-order valence-corrected chi connectivity index (χ0v) is 11.3. The number of rotatable bonds is 3. The lowest BCUT2D eigenvalue weighted by atomic mass is 10.2. The SMILES string of the molecule is COc1ccc(C#N)c(Sc2ccccc2Cl)c1. The molecule has 2 rings (SSSR count). The lowest BCUT2D eigenvalue weighted by molar-refractivity contribution is 0.413. The fourth-order valence-electron chi connectivity index (χ4n) is 1.45. The second-order valence-corrected chi connectivity index (χ2v) is 5.00. The van der Waals surface area contributed by atoms with E-state index in [1.807, 2.05) is 30.3 Å². The minimum atomic E-state index is 0.612. The molecule has 0 spiro atoms. The normalized spacial score (nSPS) is 9.83. The third-order valence-corrected chi connectivity index (χ3v) is 3.94. The largest absolute Gasteiger partial charge is 0.497 e. The fourth-order valence-corrected chi connectivity index (χ4v) is 2.65. The van der Waals surface area contributed by atoms with Crippen LogP contribution < -0.4 is 4.74 Å². The van der Waals surface area contributed by atoms with Crippen molar-refractivity contribution in [3.05, 3.63) is 53.1 Å². The van der Waals surface area contributed by atoms with Gasteiger partial charge >= 0.3 is 0 Å². The summed E-state index contributed by atoms with van der Waals surface area (Å²) in [5.74, 6) is 0.726. The van der Waals surface area contributed by atoms with Crippen molar-refractivity contribution in [2.24, 2.45) is 0 Å². The fraction of sp³-hybridized carbons (Fsp3) is 0.0714. The lowest BCUT2D eigenvalue weighted by Gasteiger charge is -2.07. The first-order valence-corrected chi connectivity index (χ1v) is 6.44. The number of hydrogen-bond donors (Lipinski definition) is 0. The average molecular weight is 276 g/mol. The Hall–Kier alpha value is -1.63. The Morgan fingerprint density at radius 1 is 1.17 bits per heavy atom. The molecule has 90 valence electrons. The van der Waals surface area contributed by atoms with Crippen molar-refractivity contribution < 1.29 is 4.74 Å². The number of hydrogen-bond acceptors (Lipinski definition) is 3. The molecule has 0 aliphatic heterocycles. The van der Waals surface area contributed by atoms with Crippen molar-refractivity contribution in [1.29, 1.82) is 5.26 Å². The van der Waals surface area contributed by atoms with Crippen LogP contribution in [-0.4, -0.2) is 7.11 Å². The van der Waals surface area contributed by atoms with Crippen LogP contribution in [0.3, 0.4) is 0 Å². The van der Waals surface area contributed by atoms with Gasteiger partial charge in [0.15, 0.2) is 0 Å². The molecule has 0 unspecified atom stereocenters. The Labute approximate surface area is 115 Å². The summed E-state index contributed by atoms with van der Waals surface area (Å²) >= 11 is 7.57. The molecule has 0 fully saturated rings. The highest BCUT2D eigenvalue weighted by Crippen LogP contribution is 2.36. The zero-order chi connectivity index (χ0) is 13.0. The van der Waals surface area contributed by atoms with Crippen LogP contribution in [0.1, 0.15) is 5.56 Å². The summed E-state index contributed by atoms with van der Waals surface area (Å²) in [6.45, 7) is 0. The summed E-state index contributed by atoms with van der Waals surface area (Å²) in [7, 11) is 1.60. The minimum absolute atomic E-state index is 0.612. The van der Waals surface area contributed by atoms with Gasteiger partial charge in [0.1, 0.15) is 11.8 Å². The molecule has 0 aliphatic rings. The Balaban J connectivity index is 2.39. The molecule has 0 aromatic heterocycles. The van der Waals surface area contributed by atoms with Gasteiger partial charge in [-0.1, -0.05) is 35.5 Å². The Kier molecular flexibility index (Phi) is 4.14. The van der Waals surface area contributed by atoms with Crippen LogP contribution >= 0.6 is 23.4 Å². The van der Waals surface area contributed by atoms with E-state index in [2.05, 4.69) is 6.07 Å². The van der Waals surface area contributed by atoms with Gasteiger partial charge < -0.3 is 4.74 Å². The highest BCUT2D eigenvalue weighted by molar-refractivity contribution is 7.99. The van der Waals surface area contributed by atoms with Crippen LogP contribution in [-0.2, 0) is 0 Å². The zero-order valence-electron chi connectivity index (χ0n) is 9.68. The first-order valence-electron chi connectivity index (χ1n) is 5.25. The summed E-state index contributed by atoms with van der Waals surface area (Å²) < 4.78 is 5.17. The minimum Gasteiger partial charge on any atom is -0.497 e. The van der Waals surface area contributed by atoms with Gasteiger partial charge in [0, 0.05) is 9.79 Å². The summed E-state index contributed by atoms with van der Waals surface area (Å²) in [4.78, 5) is 1.76. The van der Waals surface area contributed by atoms with Gasteiger partial charge in [0.2, 0.25) is 0 Å². The number of methoxy groups -OCH3 is 1. The standard InChI is InChI=1S/C14H10ClNOS/c1-17-11-7-6-10(9-16)14(8-11)18-13-5-3-2-4-12(13)15/h2-8H,1H3. The van der Waals surface area contributed by atoms with Crippen molar-refractivity contribution in [2.45, 2.75) is 9.79 Å². The summed E-state index contributed by atoms with van der Waals surface area (Å²) in [6, 6.07) is 15.1. The molecule has 0 atom stereocenters. The number of nitriles is 1. The molecule has 0 heterocycles. The second-order valence-electron chi connectivity index (χ2n) is 3.51. The van der Waals surface area contributed by atoms with Gasteiger partial charge in [-0.05, 0) is 30.3 Å². The maximum Gasteiger partial charge on any atom is 0.120 e. The summed E-state index contributed by atoms with van der Waals surface area (Å²) in [6.07, 6.45) is 0. The number of nitrogens with zero attached hydrogens (tertiary/aromatic N) is 1. The maximum atomic E-state index is 9.09. The van der Waals surface area contributed by atoms with Crippen LogP contribution in [0.15, 0.2) is 52.3 Å². The van der Waals surface area contributed by atoms with E-state index in [-0.39, 0.29) is 0 Å². The highest BCUT2D eigenvalue weighted by atomic mass is 35.5. The van der Waals surface area contributed by atoms with E-state index in [1.165, 1.54) is 11.8 Å². The van der Waals surface area contributed by atoms with Crippen LogP contribution in [0.5, 0.6) is 5.75 Å². The molecule has 0 aliphatic carbocycles. The van der Waals surface area contributed by atoms with Crippen molar-refractivity contribution in [2.75, 3.05) is 7.11 Å². The number of benzene rings is 2. The van der Waals surface area contributed by atoms with Crippen molar-refractivity contribution in [3.8, 4) is 11.8 Å². The molecule has 0 radical (unpaired) electrons. The molecule has 0 N–H and O–H groups in total. The molecule has 4 heteroatoms. The van der Waals surface area contributed by atoms with Crippen LogP contribution in [0.2, 0.25) is 5.02 Å². The van der Waals surface area contributed by atoms with E-state index < -0.39 is 0 Å². The van der Waals surface area contributed by atoms with Crippen molar-refractivity contribution in [3.63, 3.8) is 0 Å². The first-order chi connectivity index (χ1) is 8.74. The predicted octanol–water partition coefficient (Wildman–Crippen LogP) is 4.37. The van der Waals surface area contributed by atoms with Crippen LogP contribution in [0.25, 0.3) is 0 Å². The Morgan fingerprint density at radius 3 is 2.61 bits per heavy atom. The van der Waals surface area contributed by atoms with Crippen molar-refractivity contribution >= 4 is 23.4 Å². The summed E-state index contributed by atoms with van der Waals surface area (Å²) in [5, 5.41) is 9.77. The third kappa shape index (κ3) is 2.79. The van der Waals surface area contributed by atoms with Gasteiger partial charge in [0.05, 0.1) is 17.7 Å². The lowest BCUT2D eigenvalue weighted by Crippen LogP contribution is -1.86. The molecule has 2 aromatic rings. The Bertz CT molecular complexity index is 607. The molecule has 0 bridgehead atoms. The van der Waals surface area contributed by atoms with Gasteiger partial charge in [-0.15, -0.1) is 0 Å². The number of ether oxygens (including phenoxy) is 1. The van der Waals surface area contributed by atoms with E-state index in [1.54, 1.807) is 19.2 Å². The highest BCUT2D eigenvalue weighted by Gasteiger charge is 2.08. The summed E-state index contributed by atoms with van der Waals surface area (Å²) in [5.41, 5.74) is 0.612. The first kappa shape index (κ1) is 12.8. The van der Waals surface area contributed by atoms with Crippen LogP contribution in [0.4, 0.5) is 0 Å². The quantitative estimate of drug-likeness (QED) is 0.834. The number of halogens is 1. The van der Waals surface area contributed by atoms with Crippen LogP contribution in [0, 0.1) is 11.3 Å². The molecular weight excluding hydrogens is 266 g/mol. The smallest absolute Gasteiger partial charge is 0.120 e. The topological polar surface area (TPSA) is 33.0 Å². The maximum absolute atomic E-state index is 9.09. The van der Waals surface area contributed by atoms with Gasteiger partial charge in [-0.3, -0.25) is 0 Å². The van der Waals surface area contributed by atoms with E-state index in [9.17, 15) is 0 Å². The third-order valence-electron chi connectivity index (χ3n) is 2.37. The van der Waals surface area contributed by atoms with E-state index in [0.717, 1.165) is 15.5 Å². The van der Waals surface area contributed by atoms with E-state index in [4.69, 9.17) is 21.6 Å². The molecule has 0 saturated carbocycles. The average Bonchev–Trinajstić information content (AvgIpc) is 2.41. The van der Waals surface area contributed by atoms with Gasteiger partial charge in [-0.2, -0.15) is 5.26 Å². The molecular formula is C14H10ClNOS. The molecule has 0 amide bonds. The van der Waals surface area contributed by atoms with Crippen molar-refractivity contribution in [1.82, 2.24) is 0 Å². The van der Waals surface area contributed by atoms with E-state index >= 15 is 0 Å².